The van der Waals surface area contributed by atoms with E-state index in [0.717, 1.165) is 11.3 Å². The number of piperazine rings is 1. The highest BCUT2D eigenvalue weighted by Gasteiger charge is 2.24. The lowest BCUT2D eigenvalue weighted by Gasteiger charge is -2.34. The second-order valence-corrected chi connectivity index (χ2v) is 6.53. The monoisotopic (exact) mass is 388 g/mol. The Bertz CT molecular complexity index is 822. The summed E-state index contributed by atoms with van der Waals surface area (Å²) in [5.74, 6) is 0.773. The van der Waals surface area contributed by atoms with E-state index in [0.29, 0.717) is 38.3 Å². The zero-order chi connectivity index (χ0) is 19.2. The Hall–Kier alpha value is -2.80. The molecule has 0 atom stereocenters. The summed E-state index contributed by atoms with van der Waals surface area (Å²) in [6.07, 6.45) is 1.87. The van der Waals surface area contributed by atoms with Crippen LogP contribution in [0.25, 0.3) is 0 Å². The molecule has 1 aliphatic rings. The third-order valence-electron chi connectivity index (χ3n) is 4.41. The number of halogens is 1. The molecule has 0 saturated carbocycles. The van der Waals surface area contributed by atoms with Gasteiger partial charge in [-0.15, -0.1) is 0 Å². The minimum atomic E-state index is -0.246. The maximum atomic E-state index is 12.5. The first-order valence-electron chi connectivity index (χ1n) is 8.64. The van der Waals surface area contributed by atoms with Gasteiger partial charge < -0.3 is 19.9 Å². The van der Waals surface area contributed by atoms with E-state index in [1.807, 2.05) is 24.3 Å². The minimum absolute atomic E-state index is 0.0404. The molecule has 1 N–H and O–H groups in total. The number of ether oxygens (including phenoxy) is 1. The first-order valence-corrected chi connectivity index (χ1v) is 9.02. The molecule has 1 aromatic heterocycles. The van der Waals surface area contributed by atoms with Gasteiger partial charge in [-0.25, -0.2) is 9.78 Å². The van der Waals surface area contributed by atoms with Gasteiger partial charge in [0.1, 0.15) is 5.75 Å². The number of anilines is 1. The predicted octanol–water partition coefficient (Wildman–Crippen LogP) is 2.66. The normalized spacial score (nSPS) is 14.0. The number of hydrogen-bond acceptors (Lipinski definition) is 4. The van der Waals surface area contributed by atoms with Crippen molar-refractivity contribution in [2.45, 2.75) is 6.42 Å². The zero-order valence-electron chi connectivity index (χ0n) is 15.0. The first kappa shape index (κ1) is 19.0. The highest BCUT2D eigenvalue weighted by atomic mass is 35.5. The summed E-state index contributed by atoms with van der Waals surface area (Å²) in [5.41, 5.74) is 1.38. The third kappa shape index (κ3) is 4.89. The maximum absolute atomic E-state index is 12.5. The lowest BCUT2D eigenvalue weighted by atomic mass is 10.1. The summed E-state index contributed by atoms with van der Waals surface area (Å²) in [7, 11) is 1.60. The Balaban J connectivity index is 1.51. The van der Waals surface area contributed by atoms with Crippen molar-refractivity contribution in [2.24, 2.45) is 0 Å². The van der Waals surface area contributed by atoms with Gasteiger partial charge in [0, 0.05) is 32.4 Å². The van der Waals surface area contributed by atoms with Crippen molar-refractivity contribution >= 4 is 29.2 Å². The number of methoxy groups -OCH3 is 1. The molecule has 7 nitrogen and oxygen atoms in total. The summed E-state index contributed by atoms with van der Waals surface area (Å²) in [6.45, 7) is 1.93. The molecule has 1 aliphatic heterocycles. The van der Waals surface area contributed by atoms with Gasteiger partial charge in [0.05, 0.1) is 19.2 Å². The summed E-state index contributed by atoms with van der Waals surface area (Å²) < 4.78 is 5.19. The summed E-state index contributed by atoms with van der Waals surface area (Å²) in [5, 5.41) is 3.00. The van der Waals surface area contributed by atoms with Gasteiger partial charge >= 0.3 is 6.03 Å². The maximum Gasteiger partial charge on any atom is 0.322 e. The molecular formula is C19H21ClN4O3. The molecule has 27 heavy (non-hydrogen) atoms. The average molecular weight is 389 g/mol. The fourth-order valence-corrected chi connectivity index (χ4v) is 3.07. The van der Waals surface area contributed by atoms with E-state index >= 15 is 0 Å². The van der Waals surface area contributed by atoms with Crippen molar-refractivity contribution in [1.82, 2.24) is 14.8 Å². The van der Waals surface area contributed by atoms with Crippen LogP contribution < -0.4 is 10.1 Å². The Morgan fingerprint density at radius 3 is 2.59 bits per heavy atom. The van der Waals surface area contributed by atoms with Gasteiger partial charge in [-0.3, -0.25) is 4.79 Å². The molecule has 0 aliphatic carbocycles. The number of benzene rings is 1. The van der Waals surface area contributed by atoms with Crippen LogP contribution in [0.2, 0.25) is 5.15 Å². The minimum Gasteiger partial charge on any atom is -0.497 e. The molecule has 2 aromatic rings. The van der Waals surface area contributed by atoms with Crippen molar-refractivity contribution in [3.8, 4) is 5.75 Å². The lowest BCUT2D eigenvalue weighted by molar-refractivity contribution is -0.131. The molecule has 0 spiro atoms. The number of nitrogens with one attached hydrogen (secondary N) is 1. The van der Waals surface area contributed by atoms with Crippen LogP contribution in [0.5, 0.6) is 5.75 Å². The fraction of sp³-hybridized carbons (Fsp3) is 0.316. The number of carbonyl (C=O) groups is 2. The van der Waals surface area contributed by atoms with Crippen LogP contribution in [-0.4, -0.2) is 60.0 Å². The largest absolute Gasteiger partial charge is 0.497 e. The van der Waals surface area contributed by atoms with Crippen molar-refractivity contribution in [2.75, 3.05) is 38.6 Å². The Morgan fingerprint density at radius 1 is 1.15 bits per heavy atom. The van der Waals surface area contributed by atoms with Crippen LogP contribution in [0.15, 0.2) is 42.6 Å². The number of hydrogen-bond donors (Lipinski definition) is 1. The van der Waals surface area contributed by atoms with Gasteiger partial charge in [0.2, 0.25) is 5.91 Å². The van der Waals surface area contributed by atoms with Crippen molar-refractivity contribution < 1.29 is 14.3 Å². The average Bonchev–Trinajstić information content (AvgIpc) is 2.70. The smallest absolute Gasteiger partial charge is 0.322 e. The molecule has 8 heteroatoms. The van der Waals surface area contributed by atoms with Gasteiger partial charge in [-0.05, 0) is 29.8 Å². The van der Waals surface area contributed by atoms with Crippen molar-refractivity contribution in [3.63, 3.8) is 0 Å². The Kier molecular flexibility index (Phi) is 6.13. The van der Waals surface area contributed by atoms with Gasteiger partial charge in [0.15, 0.2) is 5.15 Å². The van der Waals surface area contributed by atoms with E-state index in [1.54, 1.807) is 35.2 Å². The molecule has 0 bridgehead atoms. The van der Waals surface area contributed by atoms with E-state index < -0.39 is 0 Å². The highest BCUT2D eigenvalue weighted by Crippen LogP contribution is 2.18. The molecule has 3 amide bonds. The summed E-state index contributed by atoms with van der Waals surface area (Å²) in [4.78, 5) is 32.3. The number of urea groups is 1. The second-order valence-electron chi connectivity index (χ2n) is 6.17. The molecule has 0 radical (unpaired) electrons. The fourth-order valence-electron chi connectivity index (χ4n) is 2.90. The van der Waals surface area contributed by atoms with Crippen LogP contribution in [0.3, 0.4) is 0 Å². The lowest BCUT2D eigenvalue weighted by Crippen LogP contribution is -2.52. The zero-order valence-corrected chi connectivity index (χ0v) is 15.8. The van der Waals surface area contributed by atoms with Crippen molar-refractivity contribution in [1.29, 1.82) is 0 Å². The number of nitrogens with zero attached hydrogens (tertiary/aromatic N) is 3. The van der Waals surface area contributed by atoms with Crippen molar-refractivity contribution in [3.05, 3.63) is 53.3 Å². The van der Waals surface area contributed by atoms with E-state index in [4.69, 9.17) is 16.3 Å². The Labute approximate surface area is 162 Å². The molecule has 0 unspecified atom stereocenters. The third-order valence-corrected chi connectivity index (χ3v) is 4.71. The molecule has 1 saturated heterocycles. The van der Waals surface area contributed by atoms with Crippen LogP contribution in [0.4, 0.5) is 10.5 Å². The summed E-state index contributed by atoms with van der Waals surface area (Å²) in [6, 6.07) is 10.6. The molecule has 142 valence electrons. The number of rotatable bonds is 4. The second kappa shape index (κ2) is 8.73. The molecule has 3 rings (SSSR count). The van der Waals surface area contributed by atoms with E-state index in [2.05, 4.69) is 10.3 Å². The number of pyridine rings is 1. The Morgan fingerprint density at radius 2 is 1.89 bits per heavy atom. The van der Waals surface area contributed by atoms with Crippen LogP contribution in [-0.2, 0) is 11.2 Å². The standard InChI is InChI=1S/C19H21ClN4O3/c1-27-15-5-2-4-14(12-15)13-17(25)23-8-10-24(11-9-23)19(26)22-16-6-3-7-21-18(16)20/h2-7,12H,8-11,13H2,1H3,(H,22,26). The van der Waals surface area contributed by atoms with Crippen LogP contribution in [0.1, 0.15) is 5.56 Å². The quantitative estimate of drug-likeness (QED) is 0.817. The van der Waals surface area contributed by atoms with E-state index in [-0.39, 0.29) is 17.1 Å². The molecule has 2 heterocycles. The highest BCUT2D eigenvalue weighted by molar-refractivity contribution is 6.32. The van der Waals surface area contributed by atoms with Crippen LogP contribution >= 0.6 is 11.6 Å². The molecule has 1 aromatic carbocycles. The van der Waals surface area contributed by atoms with E-state index in [1.165, 1.54) is 0 Å². The molecular weight excluding hydrogens is 368 g/mol. The number of aromatic nitrogens is 1. The van der Waals surface area contributed by atoms with Gasteiger partial charge in [-0.2, -0.15) is 0 Å². The SMILES string of the molecule is COc1cccc(CC(=O)N2CCN(C(=O)Nc3cccnc3Cl)CC2)c1. The molecule has 1 fully saturated rings. The first-order chi connectivity index (χ1) is 13.1. The van der Waals surface area contributed by atoms with Gasteiger partial charge in [0.25, 0.3) is 0 Å². The van der Waals surface area contributed by atoms with Crippen LogP contribution in [0, 0.1) is 0 Å². The summed E-state index contributed by atoms with van der Waals surface area (Å²) >= 11 is 5.96. The topological polar surface area (TPSA) is 74.8 Å². The predicted molar refractivity (Wildman–Crippen MR) is 103 cm³/mol. The van der Waals surface area contributed by atoms with E-state index in [9.17, 15) is 9.59 Å². The van der Waals surface area contributed by atoms with Gasteiger partial charge in [-0.1, -0.05) is 23.7 Å². The number of amides is 3. The number of carbonyl (C=O) groups excluding carboxylic acids is 2.